The van der Waals surface area contributed by atoms with Crippen molar-refractivity contribution in [3.8, 4) is 6.07 Å². The van der Waals surface area contributed by atoms with E-state index in [1.54, 1.807) is 103 Å². The molecule has 0 bridgehead atoms. The average Bonchev–Trinajstić information content (AvgIpc) is 0.850. The third-order valence-electron chi connectivity index (χ3n) is 11.9. The highest BCUT2D eigenvalue weighted by atomic mass is 35.5. The highest BCUT2D eigenvalue weighted by molar-refractivity contribution is 7.87. The lowest BCUT2D eigenvalue weighted by Gasteiger charge is -2.39. The van der Waals surface area contributed by atoms with Crippen molar-refractivity contribution in [2.24, 2.45) is 0 Å². The van der Waals surface area contributed by atoms with Crippen LogP contribution in [0, 0.1) is 25.2 Å². The Labute approximate surface area is 583 Å². The van der Waals surface area contributed by atoms with E-state index in [0.717, 1.165) is 28.5 Å². The first-order valence-electron chi connectivity index (χ1n) is 25.7. The van der Waals surface area contributed by atoms with E-state index in [1.165, 1.54) is 55.1 Å². The zero-order valence-corrected chi connectivity index (χ0v) is 55.2. The normalized spacial score (nSPS) is 11.3. The van der Waals surface area contributed by atoms with Gasteiger partial charge in [-0.15, -0.1) is 0 Å². The molecular weight excluding hydrogens is 1370 g/mol. The molecular formula is C66H87Cl6N7O11S2Si. The molecule has 3 atom stereocenters. The van der Waals surface area contributed by atoms with Crippen LogP contribution in [-0.4, -0.2) is 96.5 Å². The number of aldehydes is 1. The number of benzene rings is 2. The Hall–Kier alpha value is -6.14. The maximum absolute atomic E-state index is 12.6. The van der Waals surface area contributed by atoms with Gasteiger partial charge in [0, 0.05) is 59.4 Å². The minimum atomic E-state index is -3.89. The van der Waals surface area contributed by atoms with Crippen LogP contribution in [0.4, 0.5) is 0 Å². The largest absolute Gasteiger partial charge is 0.407 e. The summed E-state index contributed by atoms with van der Waals surface area (Å²) in [5.74, 6) is 0. The van der Waals surface area contributed by atoms with Crippen LogP contribution < -0.4 is 0 Å². The van der Waals surface area contributed by atoms with E-state index in [2.05, 4.69) is 70.3 Å². The monoisotopic (exact) mass is 1460 g/mol. The molecule has 0 saturated heterocycles. The van der Waals surface area contributed by atoms with E-state index in [9.17, 15) is 26.7 Å². The number of nitrogens with zero attached hydrogens (tertiary/aromatic N) is 7. The minimum Gasteiger partial charge on any atom is -0.407 e. The number of nitriles is 1. The second-order valence-electron chi connectivity index (χ2n) is 19.6. The number of hydrogen-bond donors (Lipinski definition) is 3. The molecule has 6 heterocycles. The summed E-state index contributed by atoms with van der Waals surface area (Å²) in [7, 11) is -9.97. The van der Waals surface area contributed by atoms with Crippen LogP contribution in [0.1, 0.15) is 133 Å². The van der Waals surface area contributed by atoms with Crippen LogP contribution in [0.25, 0.3) is 6.08 Å². The molecule has 0 aliphatic rings. The van der Waals surface area contributed by atoms with Gasteiger partial charge in [0.2, 0.25) is 0 Å². The number of carbonyl (C=O) groups is 1. The fraction of sp³-hybridized carbons (Fsp3) is 0.303. The molecule has 6 aromatic heterocycles. The number of aromatic nitrogens is 6. The lowest BCUT2D eigenvalue weighted by Crippen LogP contribution is -2.42. The molecule has 3 N–H and O–H groups in total. The van der Waals surface area contributed by atoms with Gasteiger partial charge in [0.05, 0.1) is 41.3 Å². The van der Waals surface area contributed by atoms with Crippen molar-refractivity contribution in [3.63, 3.8) is 0 Å². The second-order valence-corrected chi connectivity index (χ2v) is 29.9. The predicted octanol–water partition coefficient (Wildman–Crippen LogP) is 18.1. The average molecular weight is 1460 g/mol. The van der Waals surface area contributed by atoms with Crippen molar-refractivity contribution in [2.75, 3.05) is 19.8 Å². The number of aryl methyl sites for hydroxylation is 2. The molecule has 510 valence electrons. The molecule has 0 saturated carbocycles. The minimum absolute atomic E-state index is 0. The van der Waals surface area contributed by atoms with Gasteiger partial charge in [-0.2, -0.15) is 22.1 Å². The molecule has 93 heavy (non-hydrogen) atoms. The fourth-order valence-electron chi connectivity index (χ4n) is 5.94. The predicted molar refractivity (Wildman–Crippen MR) is 383 cm³/mol. The van der Waals surface area contributed by atoms with E-state index in [1.807, 2.05) is 26.0 Å². The summed E-state index contributed by atoms with van der Waals surface area (Å²) in [6, 6.07) is 34.5. The van der Waals surface area contributed by atoms with E-state index in [-0.39, 0.29) is 79.2 Å². The van der Waals surface area contributed by atoms with Crippen molar-refractivity contribution in [2.45, 2.75) is 125 Å². The topological polar surface area (TPSA) is 275 Å². The SMILES string of the molecule is C.C.C.C.C.C.C=Cc1ccc(Cl)nc1.Cc1ccc(S(=O)(=O)OCC(O)c2ccc(Cl)nc2)cc1.Cc1ccc(S(=O)(=O)OCC(O[Si](C)(C)C(C)(C)C)c2ccc(Cl)nc2)cc1.N#Cc1ccc(Cl)nc1.O=Cc1ccc(Cl)nc1.OCC(O)c1ccc(Cl)nc1. The summed E-state index contributed by atoms with van der Waals surface area (Å²) in [4.78, 5) is 33.1. The van der Waals surface area contributed by atoms with Gasteiger partial charge >= 0.3 is 0 Å². The Kier molecular flexibility index (Phi) is 46.2. The Morgan fingerprint density at radius 1 is 0.527 bits per heavy atom. The van der Waals surface area contributed by atoms with Gasteiger partial charge in [0.15, 0.2) is 14.6 Å². The van der Waals surface area contributed by atoms with E-state index in [4.69, 9.17) is 97.9 Å². The van der Waals surface area contributed by atoms with Gasteiger partial charge in [-0.1, -0.05) is 207 Å². The Morgan fingerprint density at radius 3 is 1.18 bits per heavy atom. The first-order valence-corrected chi connectivity index (χ1v) is 33.6. The summed E-state index contributed by atoms with van der Waals surface area (Å²) < 4.78 is 65.8. The molecule has 8 aromatic rings. The molecule has 2 aromatic carbocycles. The van der Waals surface area contributed by atoms with Crippen LogP contribution >= 0.6 is 69.6 Å². The molecule has 3 unspecified atom stereocenters. The van der Waals surface area contributed by atoms with Gasteiger partial charge < -0.3 is 19.7 Å². The van der Waals surface area contributed by atoms with Crippen LogP contribution in [0.2, 0.25) is 49.1 Å². The Balaban J connectivity index is -0.000000537. The lowest BCUT2D eigenvalue weighted by atomic mass is 10.2. The number of pyridine rings is 6. The van der Waals surface area contributed by atoms with E-state index < -0.39 is 46.9 Å². The van der Waals surface area contributed by atoms with Crippen molar-refractivity contribution >= 4 is 111 Å². The molecule has 0 amide bonds. The van der Waals surface area contributed by atoms with Gasteiger partial charge in [-0.05, 0) is 110 Å². The second kappa shape index (κ2) is 46.1. The summed E-state index contributed by atoms with van der Waals surface area (Å²) in [6.07, 6.45) is 8.86. The number of rotatable bonds is 16. The smallest absolute Gasteiger partial charge is 0.297 e. The first kappa shape index (κ1) is 93.3. The molecule has 27 heteroatoms. The number of carbonyl (C=O) groups excluding carboxylic acids is 1. The fourth-order valence-corrected chi connectivity index (χ4v) is 9.70. The highest BCUT2D eigenvalue weighted by Gasteiger charge is 2.40. The standard InChI is InChI=1S/C20H28ClNO4SSi.C14H14ClNO4S.C7H8ClNO2.C7H6ClN.C6H3ClN2.C6H4ClNO.6CH4/c1-15-7-10-17(11-8-15)27(23,24)25-14-18(16-9-12-19(21)22-13-16)26-28(5,6)20(2,3)4;1-10-2-5-12(6-3-10)21(18,19)20-9-13(17)11-4-7-14(15)16-8-11;8-7-2-1-5(3-9-7)6(11)4-10;1-2-6-3-4-7(8)9-5-6;7-6-2-1-5(3-8)4-9-6;7-6-2-1-5(4-9)3-8-6;;;;;;/h7-13,18H,14H2,1-6H3;2-8,13,17H,9H2,1H3;1-3,6,10-11H,4H2;2-5H,1H2;1-2,4H;1-4H;6*1H4. The van der Waals surface area contributed by atoms with E-state index in [0.29, 0.717) is 53.2 Å². The quantitative estimate of drug-likeness (QED) is 0.0351. The van der Waals surface area contributed by atoms with Gasteiger partial charge in [-0.3, -0.25) is 13.2 Å². The molecule has 18 nitrogen and oxygen atoms in total. The maximum atomic E-state index is 12.6. The van der Waals surface area contributed by atoms with Gasteiger partial charge in [0.25, 0.3) is 20.2 Å². The highest BCUT2D eigenvalue weighted by Crippen LogP contribution is 2.40. The first-order chi connectivity index (χ1) is 40.9. The molecule has 0 fully saturated rings. The molecule has 0 spiro atoms. The molecule has 0 aliphatic carbocycles. The zero-order valence-electron chi connectivity index (χ0n) is 48.0. The summed E-state index contributed by atoms with van der Waals surface area (Å²) >= 11 is 33.5. The maximum Gasteiger partial charge on any atom is 0.297 e. The Bertz CT molecular complexity index is 3590. The number of halogens is 6. The third-order valence-corrected chi connectivity index (χ3v) is 20.3. The summed E-state index contributed by atoms with van der Waals surface area (Å²) in [5.41, 5.74) is 5.70. The van der Waals surface area contributed by atoms with Crippen molar-refractivity contribution in [1.82, 2.24) is 29.9 Å². The summed E-state index contributed by atoms with van der Waals surface area (Å²) in [5, 5.41) is 38.1. The van der Waals surface area contributed by atoms with Crippen LogP contribution in [0.3, 0.4) is 0 Å². The van der Waals surface area contributed by atoms with Crippen molar-refractivity contribution in [1.29, 1.82) is 5.26 Å². The number of aliphatic hydroxyl groups excluding tert-OH is 3. The summed E-state index contributed by atoms with van der Waals surface area (Å²) in [6.45, 7) is 17.1. The lowest BCUT2D eigenvalue weighted by molar-refractivity contribution is 0.0953. The van der Waals surface area contributed by atoms with Crippen molar-refractivity contribution in [3.05, 3.63) is 241 Å². The van der Waals surface area contributed by atoms with Gasteiger partial charge in [-0.25, -0.2) is 29.9 Å². The zero-order chi connectivity index (χ0) is 65.0. The van der Waals surface area contributed by atoms with Crippen molar-refractivity contribution < 1.29 is 49.7 Å². The molecule has 0 aliphatic heterocycles. The van der Waals surface area contributed by atoms with Crippen LogP contribution in [-0.2, 0) is 33.0 Å². The van der Waals surface area contributed by atoms with Crippen LogP contribution in [0.5, 0.6) is 0 Å². The van der Waals surface area contributed by atoms with Gasteiger partial charge in [0.1, 0.15) is 49.2 Å². The molecule has 0 radical (unpaired) electrons. The Morgan fingerprint density at radius 2 is 0.871 bits per heavy atom. The number of hydrogen-bond acceptors (Lipinski definition) is 18. The van der Waals surface area contributed by atoms with Crippen LogP contribution in [0.15, 0.2) is 175 Å². The molecule has 8 rings (SSSR count). The van der Waals surface area contributed by atoms with E-state index >= 15 is 0 Å². The number of aliphatic hydroxyl groups is 3. The third kappa shape index (κ3) is 34.7.